The van der Waals surface area contributed by atoms with Gasteiger partial charge in [-0.05, 0) is 37.0 Å². The average Bonchev–Trinajstić information content (AvgIpc) is 3.22. The fraction of sp³-hybridized carbons (Fsp3) is 0.333. The third-order valence-corrected chi connectivity index (χ3v) is 3.86. The van der Waals surface area contributed by atoms with Gasteiger partial charge in [-0.1, -0.05) is 23.7 Å². The highest BCUT2D eigenvalue weighted by atomic mass is 35.5. The van der Waals surface area contributed by atoms with Gasteiger partial charge in [0.25, 0.3) is 5.91 Å². The maximum atomic E-state index is 12.1. The molecule has 1 fully saturated rings. The number of aromatic amines is 1. The van der Waals surface area contributed by atoms with Gasteiger partial charge in [-0.3, -0.25) is 9.89 Å². The second-order valence-corrected chi connectivity index (χ2v) is 5.75. The van der Waals surface area contributed by atoms with E-state index in [0.717, 1.165) is 24.1 Å². The Morgan fingerprint density at radius 1 is 1.48 bits per heavy atom. The van der Waals surface area contributed by atoms with Crippen LogP contribution in [0.15, 0.2) is 24.3 Å². The zero-order valence-electron chi connectivity index (χ0n) is 11.5. The van der Waals surface area contributed by atoms with Crippen molar-refractivity contribution in [3.05, 3.63) is 46.2 Å². The van der Waals surface area contributed by atoms with E-state index in [1.807, 2.05) is 24.3 Å². The highest BCUT2D eigenvalue weighted by Crippen LogP contribution is 2.42. The van der Waals surface area contributed by atoms with E-state index >= 15 is 0 Å². The molecule has 2 aromatic rings. The number of rotatable bonds is 5. The van der Waals surface area contributed by atoms with Crippen LogP contribution in [0.3, 0.4) is 0 Å². The van der Waals surface area contributed by atoms with Crippen LogP contribution in [0, 0.1) is 0 Å². The fourth-order valence-electron chi connectivity index (χ4n) is 2.32. The minimum absolute atomic E-state index is 0.238. The van der Waals surface area contributed by atoms with Gasteiger partial charge < -0.3 is 11.1 Å². The molecule has 0 saturated heterocycles. The van der Waals surface area contributed by atoms with Crippen molar-refractivity contribution >= 4 is 23.2 Å². The molecule has 1 aliphatic carbocycles. The molecule has 1 aliphatic rings. The second kappa shape index (κ2) is 5.77. The standard InChI is InChI=1S/C15H17ClN4O/c16-11-3-1-2-9(8-11)6-7-18-15(21)14-12(17)13(19-20-14)10-4-5-10/h1-3,8,10H,4-7,17H2,(H,18,21)(H,19,20). The largest absolute Gasteiger partial charge is 0.395 e. The van der Waals surface area contributed by atoms with Gasteiger partial charge in [0.1, 0.15) is 0 Å². The molecule has 0 aliphatic heterocycles. The van der Waals surface area contributed by atoms with E-state index in [2.05, 4.69) is 15.5 Å². The van der Waals surface area contributed by atoms with Crippen molar-refractivity contribution in [1.29, 1.82) is 0 Å². The first-order valence-electron chi connectivity index (χ1n) is 7.01. The summed E-state index contributed by atoms with van der Waals surface area (Å²) in [7, 11) is 0. The number of carbonyl (C=O) groups is 1. The molecule has 6 heteroatoms. The van der Waals surface area contributed by atoms with Gasteiger partial charge in [0, 0.05) is 17.5 Å². The quantitative estimate of drug-likeness (QED) is 0.793. The molecule has 0 atom stereocenters. The lowest BCUT2D eigenvalue weighted by Crippen LogP contribution is -2.26. The van der Waals surface area contributed by atoms with E-state index in [9.17, 15) is 4.79 Å². The Balaban J connectivity index is 1.57. The molecule has 110 valence electrons. The smallest absolute Gasteiger partial charge is 0.273 e. The van der Waals surface area contributed by atoms with Gasteiger partial charge in [-0.15, -0.1) is 0 Å². The molecule has 1 saturated carbocycles. The lowest BCUT2D eigenvalue weighted by Gasteiger charge is -2.05. The number of hydrogen-bond donors (Lipinski definition) is 3. The van der Waals surface area contributed by atoms with Gasteiger partial charge in [-0.2, -0.15) is 5.10 Å². The summed E-state index contributed by atoms with van der Waals surface area (Å²) in [6.45, 7) is 0.518. The van der Waals surface area contributed by atoms with Crippen LogP contribution in [0.25, 0.3) is 0 Å². The van der Waals surface area contributed by atoms with Crippen molar-refractivity contribution in [3.63, 3.8) is 0 Å². The molecule has 4 N–H and O–H groups in total. The number of carbonyl (C=O) groups excluding carboxylic acids is 1. The number of nitrogen functional groups attached to an aromatic ring is 1. The zero-order valence-corrected chi connectivity index (χ0v) is 12.3. The summed E-state index contributed by atoms with van der Waals surface area (Å²) < 4.78 is 0. The molecule has 0 bridgehead atoms. The molecular weight excluding hydrogens is 288 g/mol. The normalized spacial score (nSPS) is 14.1. The van der Waals surface area contributed by atoms with Crippen LogP contribution in [0.1, 0.15) is 40.5 Å². The molecule has 0 radical (unpaired) electrons. The lowest BCUT2D eigenvalue weighted by atomic mass is 10.1. The Bertz CT molecular complexity index is 663. The number of nitrogens with one attached hydrogen (secondary N) is 2. The molecule has 0 spiro atoms. The number of benzene rings is 1. The number of nitrogens with two attached hydrogens (primary N) is 1. The number of halogens is 1. The minimum Gasteiger partial charge on any atom is -0.395 e. The maximum Gasteiger partial charge on any atom is 0.273 e. The Labute approximate surface area is 127 Å². The van der Waals surface area contributed by atoms with E-state index in [-0.39, 0.29) is 5.91 Å². The first-order valence-corrected chi connectivity index (χ1v) is 7.39. The van der Waals surface area contributed by atoms with E-state index in [0.29, 0.717) is 35.3 Å². The number of H-pyrrole nitrogens is 1. The van der Waals surface area contributed by atoms with Crippen LogP contribution in [-0.4, -0.2) is 22.6 Å². The van der Waals surface area contributed by atoms with Crippen molar-refractivity contribution in [2.75, 3.05) is 12.3 Å². The molecule has 5 nitrogen and oxygen atoms in total. The van der Waals surface area contributed by atoms with Gasteiger partial charge >= 0.3 is 0 Å². The van der Waals surface area contributed by atoms with Gasteiger partial charge in [-0.25, -0.2) is 0 Å². The van der Waals surface area contributed by atoms with E-state index in [1.165, 1.54) is 0 Å². The highest BCUT2D eigenvalue weighted by molar-refractivity contribution is 6.30. The predicted molar refractivity (Wildman–Crippen MR) is 82.5 cm³/mol. The van der Waals surface area contributed by atoms with Crippen LogP contribution < -0.4 is 11.1 Å². The summed E-state index contributed by atoms with van der Waals surface area (Å²) in [6.07, 6.45) is 2.94. The third kappa shape index (κ3) is 3.19. The molecule has 3 rings (SSSR count). The molecule has 1 aromatic heterocycles. The number of nitrogens with zero attached hydrogens (tertiary/aromatic N) is 1. The van der Waals surface area contributed by atoms with Crippen LogP contribution in [0.5, 0.6) is 0 Å². The minimum atomic E-state index is -0.238. The summed E-state index contributed by atoms with van der Waals surface area (Å²) >= 11 is 5.92. The average molecular weight is 305 g/mol. The highest BCUT2D eigenvalue weighted by Gasteiger charge is 2.30. The molecular formula is C15H17ClN4O. The van der Waals surface area contributed by atoms with Crippen molar-refractivity contribution in [2.45, 2.75) is 25.2 Å². The van der Waals surface area contributed by atoms with Crippen LogP contribution in [0.2, 0.25) is 5.02 Å². The number of anilines is 1. The second-order valence-electron chi connectivity index (χ2n) is 5.31. The summed E-state index contributed by atoms with van der Waals surface area (Å²) in [5.41, 5.74) is 8.73. The maximum absolute atomic E-state index is 12.1. The number of amides is 1. The number of aromatic nitrogens is 2. The Kier molecular flexibility index (Phi) is 3.84. The van der Waals surface area contributed by atoms with Crippen molar-refractivity contribution in [2.24, 2.45) is 0 Å². The third-order valence-electron chi connectivity index (χ3n) is 3.62. The Morgan fingerprint density at radius 3 is 3.00 bits per heavy atom. The van der Waals surface area contributed by atoms with Crippen molar-refractivity contribution in [3.8, 4) is 0 Å². The van der Waals surface area contributed by atoms with E-state index in [1.54, 1.807) is 0 Å². The van der Waals surface area contributed by atoms with Gasteiger partial charge in [0.15, 0.2) is 5.69 Å². The first kappa shape index (κ1) is 13.9. The van der Waals surface area contributed by atoms with E-state index in [4.69, 9.17) is 17.3 Å². The summed E-state index contributed by atoms with van der Waals surface area (Å²) in [4.78, 5) is 12.1. The topological polar surface area (TPSA) is 83.8 Å². The fourth-order valence-corrected chi connectivity index (χ4v) is 2.53. The predicted octanol–water partition coefficient (Wildman–Crippen LogP) is 2.50. The van der Waals surface area contributed by atoms with Crippen LogP contribution in [-0.2, 0) is 6.42 Å². The molecule has 1 amide bonds. The summed E-state index contributed by atoms with van der Waals surface area (Å²) in [5.74, 6) is 0.211. The Hall–Kier alpha value is -2.01. The van der Waals surface area contributed by atoms with Gasteiger partial charge in [0.05, 0.1) is 11.4 Å². The first-order chi connectivity index (χ1) is 10.1. The van der Waals surface area contributed by atoms with Crippen molar-refractivity contribution in [1.82, 2.24) is 15.5 Å². The summed E-state index contributed by atoms with van der Waals surface area (Å²) in [5, 5.41) is 10.4. The lowest BCUT2D eigenvalue weighted by molar-refractivity contribution is 0.0950. The summed E-state index contributed by atoms with van der Waals surface area (Å²) in [6, 6.07) is 7.59. The van der Waals surface area contributed by atoms with E-state index < -0.39 is 0 Å². The van der Waals surface area contributed by atoms with Crippen molar-refractivity contribution < 1.29 is 4.79 Å². The number of hydrogen-bond acceptors (Lipinski definition) is 3. The molecule has 21 heavy (non-hydrogen) atoms. The molecule has 1 aromatic carbocycles. The van der Waals surface area contributed by atoms with Crippen LogP contribution in [0.4, 0.5) is 5.69 Å². The zero-order chi connectivity index (χ0) is 14.8. The molecule has 0 unspecified atom stereocenters. The Morgan fingerprint density at radius 2 is 2.29 bits per heavy atom. The monoisotopic (exact) mass is 304 g/mol. The van der Waals surface area contributed by atoms with Gasteiger partial charge in [0.2, 0.25) is 0 Å². The van der Waals surface area contributed by atoms with Crippen LogP contribution >= 0.6 is 11.6 Å². The SMILES string of the molecule is Nc1c(C(=O)NCCc2cccc(Cl)c2)n[nH]c1C1CC1. The molecule has 1 heterocycles.